The topological polar surface area (TPSA) is 122 Å². The highest BCUT2D eigenvalue weighted by molar-refractivity contribution is 14.1. The number of anilines is 1. The molecule has 3 rings (SSSR count). The van der Waals surface area contributed by atoms with Crippen LogP contribution in [-0.2, 0) is 14.2 Å². The molecule has 1 aliphatic heterocycles. The lowest BCUT2D eigenvalue weighted by Gasteiger charge is -2.18. The van der Waals surface area contributed by atoms with E-state index in [1.165, 1.54) is 10.9 Å². The summed E-state index contributed by atoms with van der Waals surface area (Å²) < 4.78 is 32.9. The second-order valence-corrected chi connectivity index (χ2v) is 7.73. The van der Waals surface area contributed by atoms with Crippen LogP contribution in [0.2, 0.25) is 0 Å². The van der Waals surface area contributed by atoms with Crippen molar-refractivity contribution >= 4 is 45.6 Å². The highest BCUT2D eigenvalue weighted by Crippen LogP contribution is 2.37. The number of nitrogen functional groups attached to an aromatic ring is 1. The zero-order valence-electron chi connectivity index (χ0n) is 14.7. The molecule has 0 aliphatic carbocycles. The average molecular weight is 494 g/mol. The van der Waals surface area contributed by atoms with E-state index in [0.29, 0.717) is 11.0 Å². The van der Waals surface area contributed by atoms with Gasteiger partial charge in [-0.3, -0.25) is 0 Å². The Balaban J connectivity index is 1.84. The number of aliphatic hydroxyl groups excluding tert-OH is 1. The number of hydrogen-bond donors (Lipinski definition) is 2. The first-order chi connectivity index (χ1) is 12.8. The molecule has 148 valence electrons. The van der Waals surface area contributed by atoms with Gasteiger partial charge in [-0.2, -0.15) is 0 Å². The lowest BCUT2D eigenvalue weighted by molar-refractivity contribution is -0.0564. The summed E-state index contributed by atoms with van der Waals surface area (Å²) >= 11 is 2.04. The zero-order chi connectivity index (χ0) is 19.7. The van der Waals surface area contributed by atoms with E-state index in [0.717, 1.165) is 3.57 Å². The minimum absolute atomic E-state index is 0.110. The highest BCUT2D eigenvalue weighted by Gasteiger charge is 2.49. The van der Waals surface area contributed by atoms with Crippen molar-refractivity contribution in [2.45, 2.75) is 38.5 Å². The minimum atomic E-state index is -1.74. The quantitative estimate of drug-likeness (QED) is 0.479. The molecular formula is C16H20FIN4O5. The second-order valence-electron chi connectivity index (χ2n) is 6.57. The van der Waals surface area contributed by atoms with Crippen LogP contribution in [0.5, 0.6) is 0 Å². The molecule has 1 aliphatic rings. The van der Waals surface area contributed by atoms with Gasteiger partial charge < -0.3 is 29.6 Å². The van der Waals surface area contributed by atoms with Gasteiger partial charge in [0.15, 0.2) is 18.5 Å². The third-order valence-corrected chi connectivity index (χ3v) is 4.90. The average Bonchev–Trinajstić information content (AvgIpc) is 3.12. The molecular weight excluding hydrogens is 474 g/mol. The van der Waals surface area contributed by atoms with Gasteiger partial charge >= 0.3 is 6.16 Å². The summed E-state index contributed by atoms with van der Waals surface area (Å²) in [6.07, 6.45) is -3.34. The molecule has 3 heterocycles. The maximum absolute atomic E-state index is 15.1. The highest BCUT2D eigenvalue weighted by atomic mass is 127. The predicted octanol–water partition coefficient (Wildman–Crippen LogP) is 2.02. The van der Waals surface area contributed by atoms with Gasteiger partial charge in [-0.05, 0) is 28.5 Å². The Morgan fingerprint density at radius 3 is 2.93 bits per heavy atom. The number of hydrogen-bond acceptors (Lipinski definition) is 8. The van der Waals surface area contributed by atoms with Gasteiger partial charge in [0.25, 0.3) is 0 Å². The van der Waals surface area contributed by atoms with Crippen molar-refractivity contribution in [1.29, 1.82) is 0 Å². The number of halogens is 2. The number of nitrogens with zero attached hydrogens (tertiary/aromatic N) is 3. The van der Waals surface area contributed by atoms with E-state index in [1.54, 1.807) is 6.20 Å². The third-order valence-electron chi connectivity index (χ3n) is 4.08. The Bertz CT molecular complexity index is 832. The molecule has 3 N–H and O–H groups in total. The van der Waals surface area contributed by atoms with Crippen molar-refractivity contribution in [3.05, 3.63) is 16.1 Å². The number of carbonyl (C=O) groups is 1. The first-order valence-corrected chi connectivity index (χ1v) is 9.41. The van der Waals surface area contributed by atoms with Gasteiger partial charge in [-0.15, -0.1) is 0 Å². The number of aliphatic hydroxyl groups is 1. The van der Waals surface area contributed by atoms with E-state index in [2.05, 4.69) is 9.97 Å². The Morgan fingerprint density at radius 1 is 1.52 bits per heavy atom. The van der Waals surface area contributed by atoms with Crippen LogP contribution in [0.3, 0.4) is 0 Å². The molecule has 27 heavy (non-hydrogen) atoms. The van der Waals surface area contributed by atoms with Crippen LogP contribution in [0.4, 0.5) is 15.0 Å². The first-order valence-electron chi connectivity index (χ1n) is 8.33. The number of aromatic nitrogens is 3. The Kier molecular flexibility index (Phi) is 6.01. The number of carbonyl (C=O) groups excluding carboxylic acids is 1. The fourth-order valence-electron chi connectivity index (χ4n) is 2.84. The lowest BCUT2D eigenvalue weighted by atomic mass is 10.1. The second kappa shape index (κ2) is 8.10. The van der Waals surface area contributed by atoms with Crippen LogP contribution >= 0.6 is 22.6 Å². The van der Waals surface area contributed by atoms with E-state index in [1.807, 2.05) is 36.4 Å². The summed E-state index contributed by atoms with van der Waals surface area (Å²) in [5.74, 6) is 0.374. The molecule has 1 saturated heterocycles. The molecule has 9 nitrogen and oxygen atoms in total. The van der Waals surface area contributed by atoms with E-state index in [9.17, 15) is 9.90 Å². The van der Waals surface area contributed by atoms with Crippen molar-refractivity contribution in [1.82, 2.24) is 14.5 Å². The van der Waals surface area contributed by atoms with E-state index in [4.69, 9.17) is 19.9 Å². The van der Waals surface area contributed by atoms with Crippen LogP contribution in [0, 0.1) is 9.49 Å². The molecule has 2 aromatic rings. The van der Waals surface area contributed by atoms with Crippen LogP contribution in [-0.4, -0.2) is 57.4 Å². The zero-order valence-corrected chi connectivity index (χ0v) is 16.9. The summed E-state index contributed by atoms with van der Waals surface area (Å²) in [5.41, 5.74) is 6.27. The maximum Gasteiger partial charge on any atom is 0.508 e. The van der Waals surface area contributed by atoms with Gasteiger partial charge in [0.1, 0.15) is 23.9 Å². The largest absolute Gasteiger partial charge is 0.508 e. The van der Waals surface area contributed by atoms with E-state index >= 15 is 4.39 Å². The Labute approximate surface area is 168 Å². The maximum atomic E-state index is 15.1. The van der Waals surface area contributed by atoms with Crippen LogP contribution in [0.25, 0.3) is 11.0 Å². The summed E-state index contributed by atoms with van der Waals surface area (Å²) in [6.45, 7) is 3.35. The first kappa shape index (κ1) is 20.0. The fourth-order valence-corrected chi connectivity index (χ4v) is 3.66. The van der Waals surface area contributed by atoms with Crippen LogP contribution in [0.1, 0.15) is 20.1 Å². The van der Waals surface area contributed by atoms with Crippen molar-refractivity contribution in [3.63, 3.8) is 0 Å². The number of fused-ring (bicyclic) bond motifs is 1. The fraction of sp³-hybridized carbons (Fsp3) is 0.562. The molecule has 0 radical (unpaired) electrons. The van der Waals surface area contributed by atoms with Crippen molar-refractivity contribution in [2.75, 3.05) is 18.9 Å². The molecule has 0 saturated carbocycles. The summed E-state index contributed by atoms with van der Waals surface area (Å²) in [4.78, 5) is 19.9. The molecule has 0 spiro atoms. The summed E-state index contributed by atoms with van der Waals surface area (Å²) in [5, 5.41) is 10.1. The predicted molar refractivity (Wildman–Crippen MR) is 102 cm³/mol. The number of alkyl halides is 1. The molecule has 4 atom stereocenters. The van der Waals surface area contributed by atoms with Crippen LogP contribution in [0.15, 0.2) is 12.5 Å². The molecule has 2 aromatic heterocycles. The molecule has 1 fully saturated rings. The van der Waals surface area contributed by atoms with Crippen molar-refractivity contribution in [3.8, 4) is 0 Å². The van der Waals surface area contributed by atoms with Crippen molar-refractivity contribution in [2.24, 2.45) is 5.92 Å². The molecule has 0 amide bonds. The summed E-state index contributed by atoms with van der Waals surface area (Å²) in [7, 11) is 0. The molecule has 0 aromatic carbocycles. The van der Waals surface area contributed by atoms with Gasteiger partial charge in [0.05, 0.1) is 18.6 Å². The number of nitrogens with two attached hydrogens (primary N) is 1. The normalized spacial score (nSPS) is 25.3. The van der Waals surface area contributed by atoms with Gasteiger partial charge in [-0.1, -0.05) is 13.8 Å². The Hall–Kier alpha value is -1.73. The van der Waals surface area contributed by atoms with Gasteiger partial charge in [0, 0.05) is 9.77 Å². The van der Waals surface area contributed by atoms with E-state index < -0.39 is 37.4 Å². The lowest BCUT2D eigenvalue weighted by Crippen LogP contribution is -2.36. The van der Waals surface area contributed by atoms with Crippen LogP contribution < -0.4 is 5.73 Å². The standard InChI is InChI=1S/C16H20FIN4O5/c1-7(2)5-25-16(24)27-12-9(4-23)26-15(11(12)17)22-3-8(18)10-13(19)20-6-21-14(10)22/h3,6-7,9,11-12,15,23H,4-5H2,1-2H3,(H2,19,20,21)/t9-,11?,12+,15-/m1/s1. The SMILES string of the molecule is CC(C)COC(=O)O[C@@H]1C(F)[C@H](n2cc(I)c3c(N)ncnc32)O[C@@H]1CO. The monoisotopic (exact) mass is 494 g/mol. The molecule has 0 bridgehead atoms. The molecule has 1 unspecified atom stereocenters. The number of rotatable bonds is 5. The number of ether oxygens (including phenoxy) is 3. The Morgan fingerprint density at radius 2 is 2.26 bits per heavy atom. The summed E-state index contributed by atoms with van der Waals surface area (Å²) in [6, 6.07) is 0. The van der Waals surface area contributed by atoms with Crippen molar-refractivity contribution < 1.29 is 28.5 Å². The smallest absolute Gasteiger partial charge is 0.434 e. The minimum Gasteiger partial charge on any atom is -0.434 e. The third kappa shape index (κ3) is 3.94. The van der Waals surface area contributed by atoms with E-state index in [-0.39, 0.29) is 18.3 Å². The van der Waals surface area contributed by atoms with Gasteiger partial charge in [-0.25, -0.2) is 19.2 Å². The molecule has 11 heteroatoms. The van der Waals surface area contributed by atoms with Gasteiger partial charge in [0.2, 0.25) is 0 Å².